The van der Waals surface area contributed by atoms with Gasteiger partial charge in [-0.2, -0.15) is 0 Å². The molecule has 13 heavy (non-hydrogen) atoms. The van der Waals surface area contributed by atoms with Gasteiger partial charge in [0.2, 0.25) is 0 Å². The Morgan fingerprint density at radius 2 is 2.23 bits per heavy atom. The Morgan fingerprint density at radius 3 is 2.92 bits per heavy atom. The van der Waals surface area contributed by atoms with Crippen molar-refractivity contribution in [2.75, 3.05) is 0 Å². The standard InChI is InChI=1S/C9H8F2N2/c10-5-8-4-7-2-1-3-12-9(7)13(8)6-11/h1-4H,5-6H2. The van der Waals surface area contributed by atoms with Crippen molar-refractivity contribution < 1.29 is 8.78 Å². The van der Waals surface area contributed by atoms with Crippen LogP contribution in [0.15, 0.2) is 24.4 Å². The molecule has 0 amide bonds. The molecule has 0 spiro atoms. The molecular formula is C9H8F2N2. The maximum atomic E-state index is 12.5. The number of halogens is 2. The van der Waals surface area contributed by atoms with Crippen LogP contribution in [0.1, 0.15) is 5.69 Å². The van der Waals surface area contributed by atoms with Gasteiger partial charge in [-0.05, 0) is 18.2 Å². The molecule has 68 valence electrons. The molecule has 2 rings (SSSR count). The second kappa shape index (κ2) is 3.12. The molecule has 0 fully saturated rings. The van der Waals surface area contributed by atoms with Crippen molar-refractivity contribution in [3.63, 3.8) is 0 Å². The van der Waals surface area contributed by atoms with Crippen molar-refractivity contribution in [2.45, 2.75) is 13.5 Å². The van der Waals surface area contributed by atoms with Crippen molar-refractivity contribution in [3.05, 3.63) is 30.1 Å². The van der Waals surface area contributed by atoms with E-state index >= 15 is 0 Å². The van der Waals surface area contributed by atoms with Crippen LogP contribution in [0.3, 0.4) is 0 Å². The van der Waals surface area contributed by atoms with Crippen LogP contribution in [-0.4, -0.2) is 9.55 Å². The summed E-state index contributed by atoms with van der Waals surface area (Å²) in [5.41, 5.74) is 0.828. The lowest BCUT2D eigenvalue weighted by Gasteiger charge is -2.00. The molecule has 2 heterocycles. The Labute approximate surface area is 73.8 Å². The molecule has 0 aliphatic rings. The molecular weight excluding hydrogens is 174 g/mol. The van der Waals surface area contributed by atoms with Gasteiger partial charge in [-0.3, -0.25) is 4.57 Å². The van der Waals surface area contributed by atoms with Gasteiger partial charge >= 0.3 is 0 Å². The first-order chi connectivity index (χ1) is 6.36. The van der Waals surface area contributed by atoms with E-state index in [4.69, 9.17) is 0 Å². The summed E-state index contributed by atoms with van der Waals surface area (Å²) >= 11 is 0. The molecule has 0 saturated carbocycles. The zero-order valence-corrected chi connectivity index (χ0v) is 6.87. The van der Waals surface area contributed by atoms with E-state index in [1.54, 1.807) is 24.4 Å². The zero-order valence-electron chi connectivity index (χ0n) is 6.87. The molecule has 2 aromatic heterocycles. The topological polar surface area (TPSA) is 17.8 Å². The fourth-order valence-electron chi connectivity index (χ4n) is 1.39. The van der Waals surface area contributed by atoms with E-state index in [1.807, 2.05) is 0 Å². The van der Waals surface area contributed by atoms with E-state index in [-0.39, 0.29) is 0 Å². The van der Waals surface area contributed by atoms with Gasteiger partial charge in [0.15, 0.2) is 6.80 Å². The lowest BCUT2D eigenvalue weighted by molar-refractivity contribution is 0.359. The van der Waals surface area contributed by atoms with Gasteiger partial charge in [0.1, 0.15) is 12.3 Å². The molecule has 0 atom stereocenters. The van der Waals surface area contributed by atoms with Crippen molar-refractivity contribution >= 4 is 11.0 Å². The third-order valence-electron chi connectivity index (χ3n) is 2.00. The molecule has 0 radical (unpaired) electrons. The fourth-order valence-corrected chi connectivity index (χ4v) is 1.39. The van der Waals surface area contributed by atoms with E-state index in [0.29, 0.717) is 11.3 Å². The molecule has 0 saturated heterocycles. The van der Waals surface area contributed by atoms with Crippen LogP contribution < -0.4 is 0 Å². The quantitative estimate of drug-likeness (QED) is 0.697. The number of fused-ring (bicyclic) bond motifs is 1. The Morgan fingerprint density at radius 1 is 1.38 bits per heavy atom. The molecule has 0 aliphatic carbocycles. The Hall–Kier alpha value is -1.45. The van der Waals surface area contributed by atoms with Crippen LogP contribution in [0.5, 0.6) is 0 Å². The van der Waals surface area contributed by atoms with Crippen molar-refractivity contribution in [1.82, 2.24) is 9.55 Å². The summed E-state index contributed by atoms with van der Waals surface area (Å²) in [5, 5.41) is 0.771. The number of hydrogen-bond donors (Lipinski definition) is 0. The van der Waals surface area contributed by atoms with Crippen LogP contribution in [0.2, 0.25) is 0 Å². The highest BCUT2D eigenvalue weighted by atomic mass is 19.1. The van der Waals surface area contributed by atoms with Gasteiger partial charge in [0, 0.05) is 11.6 Å². The van der Waals surface area contributed by atoms with E-state index in [1.165, 1.54) is 4.57 Å². The predicted molar refractivity (Wildman–Crippen MR) is 45.7 cm³/mol. The number of nitrogens with zero attached hydrogens (tertiary/aromatic N) is 2. The minimum atomic E-state index is -0.736. The largest absolute Gasteiger partial charge is 0.298 e. The normalized spacial score (nSPS) is 10.9. The van der Waals surface area contributed by atoms with Crippen LogP contribution in [0.25, 0.3) is 11.0 Å². The minimum absolute atomic E-state index is 0.330. The Bertz CT molecular complexity index is 422. The van der Waals surface area contributed by atoms with E-state index in [9.17, 15) is 8.78 Å². The van der Waals surface area contributed by atoms with E-state index in [2.05, 4.69) is 4.98 Å². The third-order valence-corrected chi connectivity index (χ3v) is 2.00. The predicted octanol–water partition coefficient (Wildman–Crippen LogP) is 2.43. The molecule has 0 unspecified atom stereocenters. The van der Waals surface area contributed by atoms with Crippen LogP contribution in [0, 0.1) is 0 Å². The number of rotatable bonds is 2. The fraction of sp³-hybridized carbons (Fsp3) is 0.222. The minimum Gasteiger partial charge on any atom is -0.298 e. The van der Waals surface area contributed by atoms with Crippen LogP contribution in [-0.2, 0) is 13.5 Å². The zero-order chi connectivity index (χ0) is 9.26. The Balaban J connectivity index is 2.73. The maximum absolute atomic E-state index is 12.5. The van der Waals surface area contributed by atoms with Crippen molar-refractivity contribution in [2.24, 2.45) is 0 Å². The molecule has 0 bridgehead atoms. The van der Waals surface area contributed by atoms with Gasteiger partial charge < -0.3 is 0 Å². The summed E-state index contributed by atoms with van der Waals surface area (Å²) in [6, 6.07) is 5.14. The average Bonchev–Trinajstić information content (AvgIpc) is 2.55. The number of aromatic nitrogens is 2. The maximum Gasteiger partial charge on any atom is 0.167 e. The smallest absolute Gasteiger partial charge is 0.167 e. The summed E-state index contributed by atoms with van der Waals surface area (Å²) < 4.78 is 26.1. The highest BCUT2D eigenvalue weighted by Gasteiger charge is 2.07. The van der Waals surface area contributed by atoms with Crippen molar-refractivity contribution in [1.29, 1.82) is 0 Å². The molecule has 0 aromatic carbocycles. The van der Waals surface area contributed by atoms with Gasteiger partial charge in [0.25, 0.3) is 0 Å². The summed E-state index contributed by atoms with van der Waals surface area (Å²) in [4.78, 5) is 3.98. The highest BCUT2D eigenvalue weighted by molar-refractivity contribution is 5.77. The van der Waals surface area contributed by atoms with Gasteiger partial charge in [0.05, 0.1) is 5.69 Å². The molecule has 0 N–H and O–H groups in total. The number of pyridine rings is 1. The molecule has 2 nitrogen and oxygen atoms in total. The first-order valence-corrected chi connectivity index (χ1v) is 3.92. The summed E-state index contributed by atoms with van der Waals surface area (Å²) in [6.07, 6.45) is 1.57. The van der Waals surface area contributed by atoms with Gasteiger partial charge in [-0.15, -0.1) is 0 Å². The second-order valence-electron chi connectivity index (χ2n) is 2.73. The molecule has 0 aliphatic heterocycles. The van der Waals surface area contributed by atoms with E-state index < -0.39 is 13.5 Å². The van der Waals surface area contributed by atoms with E-state index in [0.717, 1.165) is 5.39 Å². The second-order valence-corrected chi connectivity index (χ2v) is 2.73. The van der Waals surface area contributed by atoms with Gasteiger partial charge in [-0.25, -0.2) is 13.8 Å². The monoisotopic (exact) mass is 182 g/mol. The lowest BCUT2D eigenvalue weighted by atomic mass is 10.3. The highest BCUT2D eigenvalue weighted by Crippen LogP contribution is 2.18. The summed E-state index contributed by atoms with van der Waals surface area (Å²) in [6.45, 7) is -1.40. The van der Waals surface area contributed by atoms with Gasteiger partial charge in [-0.1, -0.05) is 0 Å². The number of alkyl halides is 2. The van der Waals surface area contributed by atoms with Crippen LogP contribution in [0.4, 0.5) is 8.78 Å². The molecule has 4 heteroatoms. The SMILES string of the molecule is FCc1cc2cccnc2n1CF. The first-order valence-electron chi connectivity index (χ1n) is 3.92. The third kappa shape index (κ3) is 1.18. The lowest BCUT2D eigenvalue weighted by Crippen LogP contribution is -1.98. The molecule has 2 aromatic rings. The summed E-state index contributed by atoms with van der Waals surface area (Å²) in [5.74, 6) is 0. The summed E-state index contributed by atoms with van der Waals surface area (Å²) in [7, 11) is 0. The average molecular weight is 182 g/mol. The first kappa shape index (κ1) is 8.16. The van der Waals surface area contributed by atoms with Crippen molar-refractivity contribution in [3.8, 4) is 0 Å². The Kier molecular flexibility index (Phi) is 1.96. The van der Waals surface area contributed by atoms with Crippen LogP contribution >= 0.6 is 0 Å². The number of hydrogen-bond acceptors (Lipinski definition) is 1.